The highest BCUT2D eigenvalue weighted by atomic mass is 16.5. The summed E-state index contributed by atoms with van der Waals surface area (Å²) in [5.41, 5.74) is -0.537. The number of ether oxygens (including phenoxy) is 1. The molecule has 7 rings (SSSR count). The molecule has 306 valence electrons. The third-order valence-corrected chi connectivity index (χ3v) is 18.9. The van der Waals surface area contributed by atoms with Crippen molar-refractivity contribution >= 4 is 17.8 Å². The summed E-state index contributed by atoms with van der Waals surface area (Å²) >= 11 is 0. The molecule has 10 atom stereocenters. The molecule has 0 spiro atoms. The molecule has 1 heterocycles. The average Bonchev–Trinajstić information content (AvgIpc) is 3.73. The molecule has 0 aromatic carbocycles. The van der Waals surface area contributed by atoms with Crippen LogP contribution >= 0.6 is 0 Å². The van der Waals surface area contributed by atoms with Crippen molar-refractivity contribution in [2.45, 2.75) is 171 Å². The predicted octanol–water partition coefficient (Wildman–Crippen LogP) is 8.47. The number of likely N-dealkylation sites (tertiary alicyclic amines) is 1. The highest BCUT2D eigenvalue weighted by molar-refractivity contribution is 5.84. The number of carbonyl (C=O) groups is 3. The van der Waals surface area contributed by atoms with Crippen LogP contribution in [0.5, 0.6) is 0 Å². The van der Waals surface area contributed by atoms with Gasteiger partial charge in [-0.25, -0.2) is 0 Å². The molecule has 8 heteroatoms. The standard InChI is InChI=1S/C46H77N3O5/c1-10-47-25-26-48-30-16-27-49(28-17-30)38(51)46-20-13-31(42(6)21-22-42)37(46)32-11-12-34-43(7)18-15-35(54-36(50)29-40(2,3)39(52)53)41(4,5)33(43)14-19-45(34,9)44(32,8)23-24-46/h30-35,37,47-48H,10-29H2,1-9H3,(H,52,53). The molecule has 0 bridgehead atoms. The van der Waals surface area contributed by atoms with Gasteiger partial charge in [-0.05, 0) is 162 Å². The summed E-state index contributed by atoms with van der Waals surface area (Å²) in [6, 6.07) is 0.514. The minimum absolute atomic E-state index is 0.102. The molecule has 0 aromatic heterocycles. The maximum absolute atomic E-state index is 15.2. The number of rotatable bonds is 11. The smallest absolute Gasteiger partial charge is 0.309 e. The van der Waals surface area contributed by atoms with Crippen LogP contribution in [0.3, 0.4) is 0 Å². The maximum Gasteiger partial charge on any atom is 0.309 e. The molecule has 6 aliphatic carbocycles. The second-order valence-corrected chi connectivity index (χ2v) is 22.2. The van der Waals surface area contributed by atoms with Gasteiger partial charge in [-0.1, -0.05) is 48.5 Å². The van der Waals surface area contributed by atoms with Crippen LogP contribution < -0.4 is 10.6 Å². The average molecular weight is 752 g/mol. The number of hydrogen-bond acceptors (Lipinski definition) is 6. The lowest BCUT2D eigenvalue weighted by atomic mass is 9.32. The van der Waals surface area contributed by atoms with Crippen molar-refractivity contribution in [1.82, 2.24) is 15.5 Å². The van der Waals surface area contributed by atoms with Gasteiger partial charge < -0.3 is 25.4 Å². The van der Waals surface area contributed by atoms with E-state index in [1.54, 1.807) is 13.8 Å². The lowest BCUT2D eigenvalue weighted by Crippen LogP contribution is -2.68. The van der Waals surface area contributed by atoms with Gasteiger partial charge in [0, 0.05) is 37.6 Å². The molecule has 7 fully saturated rings. The van der Waals surface area contributed by atoms with E-state index in [0.717, 1.165) is 77.7 Å². The van der Waals surface area contributed by atoms with E-state index in [2.05, 4.69) is 64.0 Å². The SMILES string of the molecule is CCNCCNC1CCN(C(=O)C23CCC(C4(C)CC4)C2C2CCC4C5(C)CCC(OC(=O)CC(C)(C)C(=O)O)C(C)(C)C5CCC4(C)C2(C)CC3)CC1. The highest BCUT2D eigenvalue weighted by Crippen LogP contribution is 2.79. The largest absolute Gasteiger partial charge is 0.481 e. The van der Waals surface area contributed by atoms with E-state index in [-0.39, 0.29) is 45.6 Å². The Labute approximate surface area is 327 Å². The van der Waals surface area contributed by atoms with Crippen LogP contribution in [0.25, 0.3) is 0 Å². The fraction of sp³-hybridized carbons (Fsp3) is 0.935. The first-order valence-electron chi connectivity index (χ1n) is 22.5. The highest BCUT2D eigenvalue weighted by Gasteiger charge is 2.73. The van der Waals surface area contributed by atoms with Crippen molar-refractivity contribution < 1.29 is 24.2 Å². The number of nitrogens with one attached hydrogen (secondary N) is 2. The number of carbonyl (C=O) groups excluding carboxylic acids is 2. The first-order valence-corrected chi connectivity index (χ1v) is 22.5. The van der Waals surface area contributed by atoms with Crippen LogP contribution in [0.1, 0.15) is 159 Å². The van der Waals surface area contributed by atoms with Gasteiger partial charge in [0.05, 0.1) is 17.3 Å². The molecule has 0 aromatic rings. The number of piperidine rings is 1. The Morgan fingerprint density at radius 1 is 0.759 bits per heavy atom. The summed E-state index contributed by atoms with van der Waals surface area (Å²) in [6.07, 6.45) is 15.8. The third kappa shape index (κ3) is 6.31. The quantitative estimate of drug-likeness (QED) is 0.144. The molecule has 1 saturated heterocycles. The van der Waals surface area contributed by atoms with Gasteiger partial charge in [-0.2, -0.15) is 0 Å². The molecule has 6 saturated carbocycles. The Kier molecular flexibility index (Phi) is 10.5. The lowest BCUT2D eigenvalue weighted by Gasteiger charge is -2.73. The van der Waals surface area contributed by atoms with Crippen molar-refractivity contribution in [2.75, 3.05) is 32.7 Å². The van der Waals surface area contributed by atoms with E-state index in [4.69, 9.17) is 4.74 Å². The van der Waals surface area contributed by atoms with Gasteiger partial charge in [-0.3, -0.25) is 14.4 Å². The van der Waals surface area contributed by atoms with Gasteiger partial charge in [-0.15, -0.1) is 0 Å². The third-order valence-electron chi connectivity index (χ3n) is 18.9. The van der Waals surface area contributed by atoms with Crippen molar-refractivity contribution in [3.8, 4) is 0 Å². The summed E-state index contributed by atoms with van der Waals surface area (Å²) in [4.78, 5) is 42.4. The monoisotopic (exact) mass is 752 g/mol. The first-order chi connectivity index (χ1) is 25.3. The summed E-state index contributed by atoms with van der Waals surface area (Å²) in [5.74, 6) is 1.98. The van der Waals surface area contributed by atoms with Gasteiger partial charge in [0.2, 0.25) is 5.91 Å². The number of aliphatic carboxylic acids is 1. The molecular formula is C46H77N3O5. The van der Waals surface area contributed by atoms with Crippen molar-refractivity contribution in [3.63, 3.8) is 0 Å². The van der Waals surface area contributed by atoms with Crippen LogP contribution in [0.2, 0.25) is 0 Å². The Morgan fingerprint density at radius 2 is 1.46 bits per heavy atom. The van der Waals surface area contributed by atoms with Gasteiger partial charge in [0.25, 0.3) is 0 Å². The van der Waals surface area contributed by atoms with Crippen molar-refractivity contribution in [1.29, 1.82) is 0 Å². The molecule has 7 aliphatic rings. The van der Waals surface area contributed by atoms with Crippen LogP contribution in [-0.4, -0.2) is 72.7 Å². The number of esters is 1. The van der Waals surface area contributed by atoms with Gasteiger partial charge in [0.15, 0.2) is 0 Å². The van der Waals surface area contributed by atoms with E-state index >= 15 is 4.79 Å². The Bertz CT molecular complexity index is 1450. The van der Waals surface area contributed by atoms with Crippen LogP contribution in [0.15, 0.2) is 0 Å². The zero-order valence-corrected chi connectivity index (χ0v) is 35.7. The Balaban J connectivity index is 1.11. The molecular weight excluding hydrogens is 675 g/mol. The van der Waals surface area contributed by atoms with Crippen LogP contribution in [0, 0.1) is 67.5 Å². The summed E-state index contributed by atoms with van der Waals surface area (Å²) in [7, 11) is 0. The van der Waals surface area contributed by atoms with Gasteiger partial charge in [0.1, 0.15) is 6.10 Å². The van der Waals surface area contributed by atoms with Crippen molar-refractivity contribution in [3.05, 3.63) is 0 Å². The second kappa shape index (κ2) is 14.0. The van der Waals surface area contributed by atoms with Crippen LogP contribution in [-0.2, 0) is 19.1 Å². The molecule has 54 heavy (non-hydrogen) atoms. The molecule has 1 aliphatic heterocycles. The zero-order valence-electron chi connectivity index (χ0n) is 35.7. The number of hydrogen-bond donors (Lipinski definition) is 3. The molecule has 8 nitrogen and oxygen atoms in total. The van der Waals surface area contributed by atoms with Crippen LogP contribution in [0.4, 0.5) is 0 Å². The normalized spacial score (nSPS) is 42.6. The lowest BCUT2D eigenvalue weighted by molar-refractivity contribution is -0.251. The van der Waals surface area contributed by atoms with Crippen molar-refractivity contribution in [2.24, 2.45) is 67.5 Å². The number of amides is 1. The summed E-state index contributed by atoms with van der Waals surface area (Å²) in [6.45, 7) is 25.4. The number of nitrogens with zero attached hydrogens (tertiary/aromatic N) is 1. The number of carboxylic acid groups (broad SMARTS) is 1. The number of fused-ring (bicyclic) bond motifs is 7. The van der Waals surface area contributed by atoms with E-state index in [0.29, 0.717) is 47.0 Å². The minimum atomic E-state index is -1.14. The number of likely N-dealkylation sites (N-methyl/N-ethyl adjacent to an activating group) is 1. The topological polar surface area (TPSA) is 108 Å². The van der Waals surface area contributed by atoms with E-state index in [1.807, 2.05) is 0 Å². The van der Waals surface area contributed by atoms with E-state index in [1.165, 1.54) is 44.9 Å². The van der Waals surface area contributed by atoms with Gasteiger partial charge >= 0.3 is 11.9 Å². The molecule has 10 unspecified atom stereocenters. The Hall–Kier alpha value is -1.67. The molecule has 3 N–H and O–H groups in total. The Morgan fingerprint density at radius 3 is 2.11 bits per heavy atom. The summed E-state index contributed by atoms with van der Waals surface area (Å²) < 4.78 is 6.22. The fourth-order valence-corrected chi connectivity index (χ4v) is 15.3. The zero-order chi connectivity index (χ0) is 39.1. The first kappa shape index (κ1) is 40.5. The maximum atomic E-state index is 15.2. The molecule has 1 amide bonds. The second-order valence-electron chi connectivity index (χ2n) is 22.2. The fourth-order valence-electron chi connectivity index (χ4n) is 15.3. The summed E-state index contributed by atoms with van der Waals surface area (Å²) in [5, 5.41) is 16.8. The predicted molar refractivity (Wildman–Crippen MR) is 214 cm³/mol. The minimum Gasteiger partial charge on any atom is -0.481 e. The number of carboxylic acids is 1. The molecule has 0 radical (unpaired) electrons. The van der Waals surface area contributed by atoms with E-state index in [9.17, 15) is 14.7 Å². The van der Waals surface area contributed by atoms with E-state index < -0.39 is 11.4 Å².